The largest absolute Gasteiger partial charge is 0.389 e. The summed E-state index contributed by atoms with van der Waals surface area (Å²) in [6.45, 7) is 2.79. The topological polar surface area (TPSA) is 58.6 Å². The molecule has 114 valence electrons. The molecule has 3 rings (SSSR count). The molecule has 0 aromatic rings. The highest BCUT2D eigenvalue weighted by Crippen LogP contribution is 2.57. The van der Waals surface area contributed by atoms with Gasteiger partial charge in [0.2, 0.25) is 5.91 Å². The fraction of sp³-hybridized carbons (Fsp3) is 0.938. The lowest BCUT2D eigenvalue weighted by atomic mass is 9.51. The Morgan fingerprint density at radius 1 is 1.25 bits per heavy atom. The lowest BCUT2D eigenvalue weighted by molar-refractivity contribution is -0.176. The predicted octanol–water partition coefficient (Wildman–Crippen LogP) is 2.15. The van der Waals surface area contributed by atoms with Gasteiger partial charge in [0.05, 0.1) is 18.1 Å². The lowest BCUT2D eigenvalue weighted by Crippen LogP contribution is -2.67. The zero-order valence-corrected chi connectivity index (χ0v) is 12.5. The zero-order valence-electron chi connectivity index (χ0n) is 12.5. The number of hydrogen-bond acceptors (Lipinski definition) is 3. The first-order chi connectivity index (χ1) is 9.58. The summed E-state index contributed by atoms with van der Waals surface area (Å²) in [6, 6.07) is 0.269. The molecule has 1 spiro atoms. The molecule has 4 heteroatoms. The van der Waals surface area contributed by atoms with Crippen LogP contribution in [0.3, 0.4) is 0 Å². The second kappa shape index (κ2) is 5.30. The van der Waals surface area contributed by atoms with Crippen molar-refractivity contribution in [1.29, 1.82) is 0 Å². The molecule has 3 aliphatic carbocycles. The van der Waals surface area contributed by atoms with E-state index >= 15 is 0 Å². The van der Waals surface area contributed by atoms with Crippen molar-refractivity contribution in [1.82, 2.24) is 5.32 Å². The Morgan fingerprint density at radius 2 is 1.95 bits per heavy atom. The van der Waals surface area contributed by atoms with Gasteiger partial charge in [0.1, 0.15) is 0 Å². The van der Waals surface area contributed by atoms with E-state index in [1.807, 2.05) is 6.92 Å². The van der Waals surface area contributed by atoms with Crippen molar-refractivity contribution in [3.63, 3.8) is 0 Å². The average molecular weight is 281 g/mol. The number of nitrogens with one attached hydrogen (secondary N) is 1. The van der Waals surface area contributed by atoms with Gasteiger partial charge in [0.25, 0.3) is 0 Å². The third-order valence-electron chi connectivity index (χ3n) is 5.80. The Labute approximate surface area is 121 Å². The van der Waals surface area contributed by atoms with Crippen LogP contribution in [0.5, 0.6) is 0 Å². The molecule has 0 aliphatic heterocycles. The van der Waals surface area contributed by atoms with Crippen molar-refractivity contribution >= 4 is 5.91 Å². The van der Waals surface area contributed by atoms with E-state index in [9.17, 15) is 9.90 Å². The minimum Gasteiger partial charge on any atom is -0.389 e. The van der Waals surface area contributed by atoms with Gasteiger partial charge in [-0.1, -0.05) is 19.3 Å². The summed E-state index contributed by atoms with van der Waals surface area (Å²) < 4.78 is 5.80. The second-order valence-corrected chi connectivity index (χ2v) is 6.99. The van der Waals surface area contributed by atoms with Crippen molar-refractivity contribution in [3.05, 3.63) is 0 Å². The zero-order chi connectivity index (χ0) is 14.2. The molecule has 0 radical (unpaired) electrons. The summed E-state index contributed by atoms with van der Waals surface area (Å²) >= 11 is 0. The van der Waals surface area contributed by atoms with Gasteiger partial charge in [0.15, 0.2) is 0 Å². The number of rotatable bonds is 5. The van der Waals surface area contributed by atoms with E-state index in [1.165, 1.54) is 19.3 Å². The standard InChI is InChI=1S/C16H27NO3/c1-2-20-13-10-12(16(13)8-5-9-16)17-14(18)11-15(19)6-3-4-7-15/h12-13,19H,2-11H2,1H3,(H,17,18). The van der Waals surface area contributed by atoms with Crippen molar-refractivity contribution < 1.29 is 14.6 Å². The van der Waals surface area contributed by atoms with Gasteiger partial charge in [-0.05, 0) is 39.0 Å². The van der Waals surface area contributed by atoms with Crippen LogP contribution in [0.25, 0.3) is 0 Å². The molecule has 2 atom stereocenters. The fourth-order valence-electron chi connectivity index (χ4n) is 4.39. The number of ether oxygens (including phenoxy) is 1. The minimum atomic E-state index is -0.736. The van der Waals surface area contributed by atoms with Crippen LogP contribution in [0.2, 0.25) is 0 Å². The van der Waals surface area contributed by atoms with Crippen LogP contribution >= 0.6 is 0 Å². The SMILES string of the molecule is CCOC1CC(NC(=O)CC2(O)CCCC2)C12CCC2. The van der Waals surface area contributed by atoms with E-state index in [-0.39, 0.29) is 23.8 Å². The Hall–Kier alpha value is -0.610. The number of hydrogen-bond donors (Lipinski definition) is 2. The molecule has 0 bridgehead atoms. The van der Waals surface area contributed by atoms with Gasteiger partial charge < -0.3 is 15.2 Å². The van der Waals surface area contributed by atoms with Crippen LogP contribution in [0.1, 0.15) is 64.7 Å². The van der Waals surface area contributed by atoms with Gasteiger partial charge >= 0.3 is 0 Å². The van der Waals surface area contributed by atoms with Gasteiger partial charge in [-0.15, -0.1) is 0 Å². The molecule has 20 heavy (non-hydrogen) atoms. The highest BCUT2D eigenvalue weighted by molar-refractivity contribution is 5.77. The van der Waals surface area contributed by atoms with Crippen LogP contribution in [0.15, 0.2) is 0 Å². The molecule has 0 aromatic heterocycles. The van der Waals surface area contributed by atoms with E-state index in [2.05, 4.69) is 5.32 Å². The quantitative estimate of drug-likeness (QED) is 0.812. The first-order valence-electron chi connectivity index (χ1n) is 8.21. The molecule has 3 aliphatic rings. The van der Waals surface area contributed by atoms with Crippen LogP contribution in [-0.2, 0) is 9.53 Å². The molecule has 4 nitrogen and oxygen atoms in total. The number of carbonyl (C=O) groups excluding carboxylic acids is 1. The van der Waals surface area contributed by atoms with Gasteiger partial charge in [-0.2, -0.15) is 0 Å². The van der Waals surface area contributed by atoms with Crippen molar-refractivity contribution in [3.8, 4) is 0 Å². The summed E-state index contributed by atoms with van der Waals surface area (Å²) in [5, 5.41) is 13.5. The van der Waals surface area contributed by atoms with E-state index < -0.39 is 5.60 Å². The third kappa shape index (κ3) is 2.37. The highest BCUT2D eigenvalue weighted by Gasteiger charge is 2.59. The molecule has 2 unspecified atom stereocenters. The molecule has 0 saturated heterocycles. The first-order valence-corrected chi connectivity index (χ1v) is 8.21. The van der Waals surface area contributed by atoms with Gasteiger partial charge in [-0.3, -0.25) is 4.79 Å². The second-order valence-electron chi connectivity index (χ2n) is 6.99. The molecule has 1 amide bonds. The fourth-order valence-corrected chi connectivity index (χ4v) is 4.39. The molecule has 2 N–H and O–H groups in total. The lowest BCUT2D eigenvalue weighted by Gasteiger charge is -2.61. The molecule has 0 heterocycles. The predicted molar refractivity (Wildman–Crippen MR) is 76.3 cm³/mol. The van der Waals surface area contributed by atoms with Crippen molar-refractivity contribution in [2.75, 3.05) is 6.61 Å². The normalized spacial score (nSPS) is 33.5. The van der Waals surface area contributed by atoms with E-state index in [4.69, 9.17) is 4.74 Å². The van der Waals surface area contributed by atoms with E-state index in [1.54, 1.807) is 0 Å². The molecular weight excluding hydrogens is 254 g/mol. The van der Waals surface area contributed by atoms with Crippen LogP contribution in [0.4, 0.5) is 0 Å². The summed E-state index contributed by atoms with van der Waals surface area (Å²) in [5.74, 6) is 0.0284. The number of carbonyl (C=O) groups is 1. The highest BCUT2D eigenvalue weighted by atomic mass is 16.5. The third-order valence-corrected chi connectivity index (χ3v) is 5.80. The summed E-state index contributed by atoms with van der Waals surface area (Å²) in [6.07, 6.45) is 8.79. The monoisotopic (exact) mass is 281 g/mol. The van der Waals surface area contributed by atoms with E-state index in [0.717, 1.165) is 38.7 Å². The molecule has 3 fully saturated rings. The Balaban J connectivity index is 1.52. The summed E-state index contributed by atoms with van der Waals surface area (Å²) in [7, 11) is 0. The summed E-state index contributed by atoms with van der Waals surface area (Å²) in [5.41, 5.74) is -0.524. The smallest absolute Gasteiger partial charge is 0.223 e. The van der Waals surface area contributed by atoms with E-state index in [0.29, 0.717) is 6.10 Å². The van der Waals surface area contributed by atoms with Crippen LogP contribution in [-0.4, -0.2) is 35.4 Å². The Bertz CT molecular complexity index is 372. The summed E-state index contributed by atoms with van der Waals surface area (Å²) in [4.78, 5) is 12.2. The molecular formula is C16H27NO3. The van der Waals surface area contributed by atoms with Crippen molar-refractivity contribution in [2.45, 2.75) is 82.5 Å². The number of aliphatic hydroxyl groups is 1. The Morgan fingerprint density at radius 3 is 2.50 bits per heavy atom. The van der Waals surface area contributed by atoms with Crippen molar-refractivity contribution in [2.24, 2.45) is 5.41 Å². The van der Waals surface area contributed by atoms with Crippen LogP contribution in [0, 0.1) is 5.41 Å². The maximum absolute atomic E-state index is 12.2. The molecule has 3 saturated carbocycles. The Kier molecular flexibility index (Phi) is 3.80. The first kappa shape index (κ1) is 14.3. The van der Waals surface area contributed by atoms with Gasteiger partial charge in [-0.25, -0.2) is 0 Å². The van der Waals surface area contributed by atoms with Gasteiger partial charge in [0, 0.05) is 18.1 Å². The average Bonchev–Trinajstić information content (AvgIpc) is 2.72. The number of amides is 1. The van der Waals surface area contributed by atoms with Crippen LogP contribution < -0.4 is 5.32 Å². The maximum atomic E-state index is 12.2. The molecule has 0 aromatic carbocycles. The maximum Gasteiger partial charge on any atom is 0.223 e. The minimum absolute atomic E-state index is 0.0284.